The highest BCUT2D eigenvalue weighted by Crippen LogP contribution is 2.19. The molecule has 144 valence electrons. The van der Waals surface area contributed by atoms with Gasteiger partial charge in [0.1, 0.15) is 5.75 Å². The van der Waals surface area contributed by atoms with E-state index in [0.717, 1.165) is 27.8 Å². The van der Waals surface area contributed by atoms with Gasteiger partial charge in [-0.25, -0.2) is 0 Å². The van der Waals surface area contributed by atoms with Crippen molar-refractivity contribution in [1.29, 1.82) is 0 Å². The summed E-state index contributed by atoms with van der Waals surface area (Å²) in [6.45, 7) is 4.89. The van der Waals surface area contributed by atoms with Crippen LogP contribution in [0, 0.1) is 5.92 Å². The molecule has 4 nitrogen and oxygen atoms in total. The Balaban J connectivity index is 1.55. The summed E-state index contributed by atoms with van der Waals surface area (Å²) < 4.78 is 5.66. The Kier molecular flexibility index (Phi) is 6.61. The van der Waals surface area contributed by atoms with Crippen molar-refractivity contribution in [3.8, 4) is 5.75 Å². The van der Waals surface area contributed by atoms with Gasteiger partial charge in [-0.3, -0.25) is 4.79 Å². The number of thiocarbonyl (C=S) groups is 1. The van der Waals surface area contributed by atoms with E-state index in [-0.39, 0.29) is 17.4 Å². The van der Waals surface area contributed by atoms with E-state index in [4.69, 9.17) is 17.0 Å². The zero-order valence-electron chi connectivity index (χ0n) is 16.1. The lowest BCUT2D eigenvalue weighted by Gasteiger charge is -2.12. The molecule has 0 atom stereocenters. The summed E-state index contributed by atoms with van der Waals surface area (Å²) >= 11 is 5.27. The highest BCUT2D eigenvalue weighted by Gasteiger charge is 2.09. The molecule has 0 aliphatic rings. The molecule has 0 aromatic heterocycles. The summed E-state index contributed by atoms with van der Waals surface area (Å²) in [5.41, 5.74) is 1.78. The maximum atomic E-state index is 12.4. The third kappa shape index (κ3) is 5.54. The Morgan fingerprint density at radius 3 is 2.46 bits per heavy atom. The number of benzene rings is 3. The van der Waals surface area contributed by atoms with Gasteiger partial charge in [0, 0.05) is 5.69 Å². The van der Waals surface area contributed by atoms with E-state index in [9.17, 15) is 4.79 Å². The summed E-state index contributed by atoms with van der Waals surface area (Å²) in [4.78, 5) is 12.4. The Labute approximate surface area is 170 Å². The van der Waals surface area contributed by atoms with E-state index in [2.05, 4.69) is 24.5 Å². The van der Waals surface area contributed by atoms with Crippen LogP contribution in [0.3, 0.4) is 0 Å². The molecule has 3 aromatic carbocycles. The summed E-state index contributed by atoms with van der Waals surface area (Å²) in [6.07, 6.45) is 0.269. The van der Waals surface area contributed by atoms with Crippen LogP contribution in [0.4, 0.5) is 5.69 Å². The lowest BCUT2D eigenvalue weighted by atomic mass is 10.0. The lowest BCUT2D eigenvalue weighted by molar-refractivity contribution is -0.119. The molecular formula is C23H24N2O2S. The third-order valence-electron chi connectivity index (χ3n) is 4.18. The number of ether oxygens (including phenoxy) is 1. The van der Waals surface area contributed by atoms with Gasteiger partial charge in [0.25, 0.3) is 0 Å². The van der Waals surface area contributed by atoms with E-state index in [1.165, 1.54) is 0 Å². The first-order valence-corrected chi connectivity index (χ1v) is 9.72. The number of anilines is 1. The van der Waals surface area contributed by atoms with E-state index in [0.29, 0.717) is 12.5 Å². The van der Waals surface area contributed by atoms with Crippen LogP contribution in [0.15, 0.2) is 66.7 Å². The van der Waals surface area contributed by atoms with E-state index < -0.39 is 0 Å². The molecule has 2 N–H and O–H groups in total. The van der Waals surface area contributed by atoms with Crippen LogP contribution < -0.4 is 15.4 Å². The van der Waals surface area contributed by atoms with Crippen LogP contribution in [-0.2, 0) is 11.2 Å². The first-order chi connectivity index (χ1) is 13.5. The maximum Gasteiger partial charge on any atom is 0.230 e. The molecule has 0 aliphatic heterocycles. The fourth-order valence-corrected chi connectivity index (χ4v) is 3.08. The minimum atomic E-state index is -0.147. The average molecular weight is 393 g/mol. The maximum absolute atomic E-state index is 12.4. The van der Waals surface area contributed by atoms with E-state index >= 15 is 0 Å². The van der Waals surface area contributed by atoms with Gasteiger partial charge >= 0.3 is 0 Å². The van der Waals surface area contributed by atoms with Crippen molar-refractivity contribution >= 4 is 39.7 Å². The predicted octanol–water partition coefficient (Wildman–Crippen LogP) is 4.93. The van der Waals surface area contributed by atoms with Gasteiger partial charge in [0.05, 0.1) is 13.0 Å². The second kappa shape index (κ2) is 9.33. The van der Waals surface area contributed by atoms with Gasteiger partial charge in [0.2, 0.25) is 5.91 Å². The number of rotatable bonds is 6. The summed E-state index contributed by atoms with van der Waals surface area (Å²) in [5, 5.41) is 8.26. The normalized spacial score (nSPS) is 10.7. The number of fused-ring (bicyclic) bond motifs is 1. The number of carbonyl (C=O) groups excluding carboxylic acids is 1. The van der Waals surface area contributed by atoms with Gasteiger partial charge in [-0.15, -0.1) is 0 Å². The first-order valence-electron chi connectivity index (χ1n) is 9.31. The van der Waals surface area contributed by atoms with Gasteiger partial charge in [-0.1, -0.05) is 56.3 Å². The van der Waals surface area contributed by atoms with Crippen LogP contribution >= 0.6 is 12.2 Å². The fourth-order valence-electron chi connectivity index (χ4n) is 2.85. The summed E-state index contributed by atoms with van der Waals surface area (Å²) in [7, 11) is 0. The molecule has 1 amide bonds. The second-order valence-corrected chi connectivity index (χ2v) is 7.45. The average Bonchev–Trinajstić information content (AvgIpc) is 2.67. The molecular weight excluding hydrogens is 368 g/mol. The lowest BCUT2D eigenvalue weighted by Crippen LogP contribution is -2.35. The van der Waals surface area contributed by atoms with E-state index in [1.54, 1.807) is 0 Å². The molecule has 3 aromatic rings. The van der Waals surface area contributed by atoms with Crippen molar-refractivity contribution in [2.45, 2.75) is 20.3 Å². The van der Waals surface area contributed by atoms with Gasteiger partial charge in [-0.2, -0.15) is 0 Å². The topological polar surface area (TPSA) is 50.4 Å². The molecule has 0 aliphatic carbocycles. The van der Waals surface area contributed by atoms with Crippen LogP contribution in [0.5, 0.6) is 5.75 Å². The standard InChI is InChI=1S/C23H24N2O2S/c1-16(2)15-27-20-12-10-19(11-13-20)24-23(28)25-22(26)14-18-8-5-7-17-6-3-4-9-21(17)18/h3-13,16H,14-15H2,1-2H3,(H2,24,25,26,28). The highest BCUT2D eigenvalue weighted by atomic mass is 32.1. The van der Waals surface area contributed by atoms with Crippen molar-refractivity contribution in [1.82, 2.24) is 5.32 Å². The smallest absolute Gasteiger partial charge is 0.230 e. The zero-order valence-corrected chi connectivity index (χ0v) is 16.9. The third-order valence-corrected chi connectivity index (χ3v) is 4.38. The van der Waals surface area contributed by atoms with Crippen LogP contribution in [0.1, 0.15) is 19.4 Å². The predicted molar refractivity (Wildman–Crippen MR) is 119 cm³/mol. The van der Waals surface area contributed by atoms with Crippen molar-refractivity contribution in [2.75, 3.05) is 11.9 Å². The monoisotopic (exact) mass is 392 g/mol. The molecule has 0 unspecified atom stereocenters. The number of hydrogen-bond donors (Lipinski definition) is 2. The summed E-state index contributed by atoms with van der Waals surface area (Å²) in [6, 6.07) is 21.5. The Morgan fingerprint density at radius 2 is 1.71 bits per heavy atom. The molecule has 0 radical (unpaired) electrons. The molecule has 0 saturated carbocycles. The molecule has 0 saturated heterocycles. The molecule has 3 rings (SSSR count). The zero-order chi connectivity index (χ0) is 19.9. The molecule has 0 spiro atoms. The Hall–Kier alpha value is -2.92. The molecule has 28 heavy (non-hydrogen) atoms. The molecule has 0 heterocycles. The highest BCUT2D eigenvalue weighted by molar-refractivity contribution is 7.80. The van der Waals surface area contributed by atoms with Crippen LogP contribution in [-0.4, -0.2) is 17.6 Å². The number of amides is 1. The fraction of sp³-hybridized carbons (Fsp3) is 0.217. The minimum absolute atomic E-state index is 0.147. The quantitative estimate of drug-likeness (QED) is 0.584. The van der Waals surface area contributed by atoms with Crippen LogP contribution in [0.25, 0.3) is 10.8 Å². The van der Waals surface area contributed by atoms with Crippen molar-refractivity contribution in [2.24, 2.45) is 5.92 Å². The van der Waals surface area contributed by atoms with E-state index in [1.807, 2.05) is 66.7 Å². The first kappa shape index (κ1) is 19.8. The number of carbonyl (C=O) groups is 1. The van der Waals surface area contributed by atoms with Gasteiger partial charge in [-0.05, 0) is 58.7 Å². The largest absolute Gasteiger partial charge is 0.493 e. The SMILES string of the molecule is CC(C)COc1ccc(NC(=S)NC(=O)Cc2cccc3ccccc23)cc1. The van der Waals surface area contributed by atoms with Crippen LogP contribution in [0.2, 0.25) is 0 Å². The number of hydrogen-bond acceptors (Lipinski definition) is 3. The van der Waals surface area contributed by atoms with Gasteiger partial charge < -0.3 is 15.4 Å². The summed E-state index contributed by atoms with van der Waals surface area (Å²) in [5.74, 6) is 1.14. The molecule has 0 bridgehead atoms. The van der Waals surface area contributed by atoms with Crippen molar-refractivity contribution < 1.29 is 9.53 Å². The Bertz CT molecular complexity index is 963. The Morgan fingerprint density at radius 1 is 1.00 bits per heavy atom. The number of nitrogens with one attached hydrogen (secondary N) is 2. The molecule has 0 fully saturated rings. The minimum Gasteiger partial charge on any atom is -0.493 e. The second-order valence-electron chi connectivity index (χ2n) is 7.05. The van der Waals surface area contributed by atoms with Crippen molar-refractivity contribution in [3.63, 3.8) is 0 Å². The van der Waals surface area contributed by atoms with Crippen molar-refractivity contribution in [3.05, 3.63) is 72.3 Å². The molecule has 5 heteroatoms. The van der Waals surface area contributed by atoms with Gasteiger partial charge in [0.15, 0.2) is 5.11 Å².